The van der Waals surface area contributed by atoms with Crippen LogP contribution >= 0.6 is 11.3 Å². The molecular weight excluding hydrogens is 304 g/mol. The molecule has 0 unspecified atom stereocenters. The number of H-pyrrole nitrogens is 1. The zero-order valence-corrected chi connectivity index (χ0v) is 14.0. The number of hydrogen-bond donors (Lipinski definition) is 1. The maximum Gasteiger partial charge on any atom is 0.181 e. The van der Waals surface area contributed by atoms with E-state index in [1.165, 1.54) is 4.88 Å². The van der Waals surface area contributed by atoms with Crippen LogP contribution in [-0.2, 0) is 0 Å². The topological polar surface area (TPSA) is 36.1 Å². The van der Waals surface area contributed by atoms with Crippen molar-refractivity contribution >= 4 is 28.0 Å². The first kappa shape index (κ1) is 14.7. The van der Waals surface area contributed by atoms with Crippen molar-refractivity contribution < 1.29 is 4.79 Å². The Balaban J connectivity index is 1.63. The van der Waals surface area contributed by atoms with Gasteiger partial charge in [-0.2, -0.15) is 0 Å². The van der Waals surface area contributed by atoms with Crippen LogP contribution in [0.2, 0.25) is 0 Å². The van der Waals surface area contributed by atoms with Crippen LogP contribution in [0.4, 0.5) is 0 Å². The minimum absolute atomic E-state index is 0.0937. The van der Waals surface area contributed by atoms with Crippen LogP contribution in [0.25, 0.3) is 10.9 Å². The van der Waals surface area contributed by atoms with Crippen LogP contribution in [0, 0.1) is 0 Å². The highest BCUT2D eigenvalue weighted by Crippen LogP contribution is 2.36. The molecule has 118 valence electrons. The van der Waals surface area contributed by atoms with E-state index in [0.717, 1.165) is 35.9 Å². The number of aromatic amines is 1. The third-order valence-electron chi connectivity index (χ3n) is 4.90. The highest BCUT2D eigenvalue weighted by molar-refractivity contribution is 7.10. The lowest BCUT2D eigenvalue weighted by Crippen LogP contribution is -2.38. The molecule has 3 aromatic rings. The summed E-state index contributed by atoms with van der Waals surface area (Å²) in [7, 11) is 0. The van der Waals surface area contributed by atoms with Gasteiger partial charge >= 0.3 is 0 Å². The van der Waals surface area contributed by atoms with Crippen molar-refractivity contribution in [1.82, 2.24) is 9.88 Å². The molecule has 4 rings (SSSR count). The van der Waals surface area contributed by atoms with Crippen LogP contribution < -0.4 is 0 Å². The van der Waals surface area contributed by atoms with Crippen molar-refractivity contribution in [3.8, 4) is 0 Å². The number of Topliss-reactive ketones (excluding diaryl/α,β-unsaturated/α-hetero) is 1. The monoisotopic (exact) mass is 324 g/mol. The second kappa shape index (κ2) is 5.95. The Morgan fingerprint density at radius 2 is 2.17 bits per heavy atom. The number of ketones is 1. The molecule has 1 fully saturated rings. The van der Waals surface area contributed by atoms with E-state index in [2.05, 4.69) is 34.3 Å². The van der Waals surface area contributed by atoms with Gasteiger partial charge in [0.05, 0.1) is 6.04 Å². The number of hydrogen-bond acceptors (Lipinski definition) is 3. The largest absolute Gasteiger partial charge is 0.360 e. The lowest BCUT2D eigenvalue weighted by molar-refractivity contribution is 0.0823. The van der Waals surface area contributed by atoms with Crippen LogP contribution in [0.5, 0.6) is 0 Å². The first-order chi connectivity index (χ1) is 11.3. The summed E-state index contributed by atoms with van der Waals surface area (Å²) in [6.07, 6.45) is 4.17. The number of benzene rings is 1. The molecule has 0 saturated carbocycles. The predicted molar refractivity (Wildman–Crippen MR) is 95.1 cm³/mol. The molecule has 4 heteroatoms. The molecule has 2 atom stereocenters. The Bertz CT molecular complexity index is 821. The minimum atomic E-state index is -0.0937. The van der Waals surface area contributed by atoms with Gasteiger partial charge in [-0.05, 0) is 43.8 Å². The van der Waals surface area contributed by atoms with E-state index in [1.807, 2.05) is 30.5 Å². The Hall–Kier alpha value is -1.91. The molecule has 1 aliphatic rings. The molecular formula is C19H20N2OS. The molecule has 3 nitrogen and oxygen atoms in total. The van der Waals surface area contributed by atoms with Gasteiger partial charge in [-0.15, -0.1) is 11.3 Å². The molecule has 23 heavy (non-hydrogen) atoms. The highest BCUT2D eigenvalue weighted by atomic mass is 32.1. The third-order valence-corrected chi connectivity index (χ3v) is 5.87. The van der Waals surface area contributed by atoms with Crippen LogP contribution in [0.1, 0.15) is 41.0 Å². The van der Waals surface area contributed by atoms with Crippen molar-refractivity contribution in [2.24, 2.45) is 0 Å². The van der Waals surface area contributed by atoms with Gasteiger partial charge < -0.3 is 4.98 Å². The number of fused-ring (bicyclic) bond motifs is 1. The van der Waals surface area contributed by atoms with Crippen molar-refractivity contribution in [2.75, 3.05) is 6.54 Å². The number of carbonyl (C=O) groups is 1. The summed E-state index contributed by atoms with van der Waals surface area (Å²) >= 11 is 1.79. The molecule has 0 aliphatic carbocycles. The standard InChI is InChI=1S/C19H20N2OS/c1-13(21-10-4-8-17(21)18-9-5-11-23-18)19(22)15-12-20-16-7-3-2-6-14(15)16/h2-3,5-7,9,11-13,17,20H,4,8,10H2,1H3/t13-,17+/m1/s1. The summed E-state index contributed by atoms with van der Waals surface area (Å²) in [5.74, 6) is 0.214. The first-order valence-electron chi connectivity index (χ1n) is 8.15. The minimum Gasteiger partial charge on any atom is -0.360 e. The van der Waals surface area contributed by atoms with Gasteiger partial charge in [-0.3, -0.25) is 9.69 Å². The van der Waals surface area contributed by atoms with Gasteiger partial charge in [0.15, 0.2) is 5.78 Å². The second-order valence-electron chi connectivity index (χ2n) is 6.20. The van der Waals surface area contributed by atoms with Gasteiger partial charge in [0.2, 0.25) is 0 Å². The van der Waals surface area contributed by atoms with Crippen molar-refractivity contribution in [3.05, 3.63) is 58.4 Å². The third kappa shape index (κ3) is 2.52. The maximum absolute atomic E-state index is 13.1. The Labute approximate surface area is 139 Å². The molecule has 1 aromatic carbocycles. The molecule has 3 heterocycles. The number of rotatable bonds is 4. The van der Waals surface area contributed by atoms with E-state index >= 15 is 0 Å². The smallest absolute Gasteiger partial charge is 0.181 e. The van der Waals surface area contributed by atoms with E-state index in [9.17, 15) is 4.79 Å². The van der Waals surface area contributed by atoms with Crippen LogP contribution in [0.3, 0.4) is 0 Å². The summed E-state index contributed by atoms with van der Waals surface area (Å²) in [5.41, 5.74) is 1.84. The average Bonchev–Trinajstić information content (AvgIpc) is 3.31. The van der Waals surface area contributed by atoms with E-state index < -0.39 is 0 Å². The summed E-state index contributed by atoms with van der Waals surface area (Å²) in [4.78, 5) is 20.0. The number of para-hydroxylation sites is 1. The lowest BCUT2D eigenvalue weighted by Gasteiger charge is -2.29. The molecule has 0 spiro atoms. The van der Waals surface area contributed by atoms with Crippen molar-refractivity contribution in [2.45, 2.75) is 31.8 Å². The molecule has 1 saturated heterocycles. The van der Waals surface area contributed by atoms with E-state index in [4.69, 9.17) is 0 Å². The van der Waals surface area contributed by atoms with Gasteiger partial charge in [0, 0.05) is 33.6 Å². The van der Waals surface area contributed by atoms with Crippen LogP contribution in [-0.4, -0.2) is 28.3 Å². The number of nitrogens with one attached hydrogen (secondary N) is 1. The predicted octanol–water partition coefficient (Wildman–Crippen LogP) is 4.64. The fourth-order valence-corrected chi connectivity index (χ4v) is 4.57. The lowest BCUT2D eigenvalue weighted by atomic mass is 10.0. The summed E-state index contributed by atoms with van der Waals surface area (Å²) in [6.45, 7) is 3.05. The van der Waals surface area contributed by atoms with Crippen molar-refractivity contribution in [1.29, 1.82) is 0 Å². The van der Waals surface area contributed by atoms with E-state index in [0.29, 0.717) is 6.04 Å². The number of likely N-dealkylation sites (tertiary alicyclic amines) is 1. The maximum atomic E-state index is 13.1. The number of nitrogens with zero attached hydrogens (tertiary/aromatic N) is 1. The Morgan fingerprint density at radius 1 is 1.30 bits per heavy atom. The zero-order chi connectivity index (χ0) is 15.8. The molecule has 0 amide bonds. The quantitative estimate of drug-likeness (QED) is 0.710. The van der Waals surface area contributed by atoms with Gasteiger partial charge in [0.25, 0.3) is 0 Å². The summed E-state index contributed by atoms with van der Waals surface area (Å²) in [6, 6.07) is 12.6. The summed E-state index contributed by atoms with van der Waals surface area (Å²) < 4.78 is 0. The van der Waals surface area contributed by atoms with E-state index in [1.54, 1.807) is 11.3 Å². The number of aromatic nitrogens is 1. The highest BCUT2D eigenvalue weighted by Gasteiger charge is 2.34. The van der Waals surface area contributed by atoms with Gasteiger partial charge in [-0.1, -0.05) is 24.3 Å². The molecule has 0 radical (unpaired) electrons. The number of carbonyl (C=O) groups excluding carboxylic acids is 1. The fraction of sp³-hybridized carbons (Fsp3) is 0.316. The van der Waals surface area contributed by atoms with Crippen molar-refractivity contribution in [3.63, 3.8) is 0 Å². The van der Waals surface area contributed by atoms with Gasteiger partial charge in [0.1, 0.15) is 0 Å². The molecule has 2 aromatic heterocycles. The average molecular weight is 324 g/mol. The number of thiophene rings is 1. The fourth-order valence-electron chi connectivity index (χ4n) is 3.69. The SMILES string of the molecule is C[C@H](C(=O)c1c[nH]c2ccccc12)N1CCC[C@H]1c1cccs1. The molecule has 1 N–H and O–H groups in total. The Morgan fingerprint density at radius 3 is 3.00 bits per heavy atom. The molecule has 1 aliphatic heterocycles. The zero-order valence-electron chi connectivity index (χ0n) is 13.2. The normalized spacial score (nSPS) is 20.1. The van der Waals surface area contributed by atoms with Crippen LogP contribution in [0.15, 0.2) is 48.0 Å². The second-order valence-corrected chi connectivity index (χ2v) is 7.18. The Kier molecular flexibility index (Phi) is 3.79. The van der Waals surface area contributed by atoms with E-state index in [-0.39, 0.29) is 11.8 Å². The molecule has 0 bridgehead atoms. The van der Waals surface area contributed by atoms with Gasteiger partial charge in [-0.25, -0.2) is 0 Å². The first-order valence-corrected chi connectivity index (χ1v) is 9.03. The summed E-state index contributed by atoms with van der Waals surface area (Å²) in [5, 5.41) is 3.15.